The minimum absolute atomic E-state index is 0.154. The molecule has 31 heavy (non-hydrogen) atoms. The second kappa shape index (κ2) is 7.77. The lowest BCUT2D eigenvalue weighted by Crippen LogP contribution is -2.54. The van der Waals surface area contributed by atoms with Gasteiger partial charge in [0.05, 0.1) is 6.42 Å². The molecule has 0 aromatic heterocycles. The lowest BCUT2D eigenvalue weighted by molar-refractivity contribution is -0.142. The van der Waals surface area contributed by atoms with Crippen molar-refractivity contribution < 1.29 is 19.7 Å². The molecule has 1 aromatic carbocycles. The summed E-state index contributed by atoms with van der Waals surface area (Å²) in [5, 5.41) is 25.0. The quantitative estimate of drug-likeness (QED) is 0.474. The third-order valence-electron chi connectivity index (χ3n) is 9.40. The molecule has 170 valence electrons. The second-order valence-corrected chi connectivity index (χ2v) is 10.9. The number of fused-ring (bicyclic) bond motifs is 7. The zero-order valence-electron chi connectivity index (χ0n) is 18.9. The van der Waals surface area contributed by atoms with Crippen LogP contribution < -0.4 is 5.32 Å². The molecule has 3 aliphatic carbocycles. The van der Waals surface area contributed by atoms with Crippen molar-refractivity contribution in [1.82, 2.24) is 5.32 Å². The van der Waals surface area contributed by atoms with Crippen LogP contribution in [0.1, 0.15) is 75.3 Å². The maximum absolute atomic E-state index is 12.1. The zero-order chi connectivity index (χ0) is 21.8. The Morgan fingerprint density at radius 1 is 1.26 bits per heavy atom. The molecule has 0 amide bonds. The van der Waals surface area contributed by atoms with E-state index in [0.717, 1.165) is 38.6 Å². The predicted octanol–water partition coefficient (Wildman–Crippen LogP) is 3.91. The van der Waals surface area contributed by atoms with Crippen LogP contribution in [0, 0.1) is 23.2 Å². The number of aromatic hydroxyl groups is 1. The Bertz CT molecular complexity index is 856. The molecule has 0 spiro atoms. The van der Waals surface area contributed by atoms with Gasteiger partial charge in [-0.2, -0.15) is 0 Å². The molecule has 5 rings (SSSR count). The first-order valence-electron chi connectivity index (χ1n) is 12.3. The highest BCUT2D eigenvalue weighted by atomic mass is 16.6. The van der Waals surface area contributed by atoms with Gasteiger partial charge in [-0.05, 0) is 99.0 Å². The van der Waals surface area contributed by atoms with Gasteiger partial charge >= 0.3 is 5.97 Å². The standard InChI is InChI=1S/C26H37NO4/c1-25-14-17(6-4-3-5-11-27-2)24-19-10-8-18(28)12-16(19)7-9-20(24)21(25)13-22-26(25,30)15-23(29)31-22/h8,10,12,17,20-22,24,27-28,30H,3-7,9,11,13-15H2,1-2H3/t17-,20-,21-,22?,24+,25-,26+/m0/s1. The van der Waals surface area contributed by atoms with E-state index in [9.17, 15) is 15.0 Å². The molecule has 3 N–H and O–H groups in total. The SMILES string of the molecule is CNCCCCC[C@H]1C[C@@]2(C)[C@@H](CC3OC(=O)C[C@@]32O)[C@@H]2CCc3cc(O)ccc3[C@@H]12. The summed E-state index contributed by atoms with van der Waals surface area (Å²) in [6.45, 7) is 3.30. The van der Waals surface area contributed by atoms with E-state index in [4.69, 9.17) is 4.74 Å². The number of ether oxygens (including phenoxy) is 1. The number of hydrogen-bond acceptors (Lipinski definition) is 5. The number of aliphatic hydroxyl groups is 1. The van der Waals surface area contributed by atoms with Gasteiger partial charge in [0.15, 0.2) is 0 Å². The maximum Gasteiger partial charge on any atom is 0.309 e. The Balaban J connectivity index is 1.47. The number of phenols is 1. The van der Waals surface area contributed by atoms with Crippen LogP contribution in [0.5, 0.6) is 5.75 Å². The van der Waals surface area contributed by atoms with E-state index in [1.54, 1.807) is 0 Å². The summed E-state index contributed by atoms with van der Waals surface area (Å²) in [5.41, 5.74) is 1.43. The van der Waals surface area contributed by atoms with Crippen molar-refractivity contribution in [1.29, 1.82) is 0 Å². The van der Waals surface area contributed by atoms with Gasteiger partial charge in [0, 0.05) is 5.41 Å². The average molecular weight is 428 g/mol. The number of phenolic OH excluding ortho intramolecular Hbond substituents is 1. The fourth-order valence-corrected chi connectivity index (χ4v) is 7.99. The molecule has 0 radical (unpaired) electrons. The van der Waals surface area contributed by atoms with E-state index >= 15 is 0 Å². The Morgan fingerprint density at radius 3 is 2.90 bits per heavy atom. The molecular formula is C26H37NO4. The van der Waals surface area contributed by atoms with Crippen LogP contribution in [-0.4, -0.2) is 41.5 Å². The monoisotopic (exact) mass is 427 g/mol. The van der Waals surface area contributed by atoms with Crippen molar-refractivity contribution in [2.45, 2.75) is 82.3 Å². The van der Waals surface area contributed by atoms with Gasteiger partial charge in [0.25, 0.3) is 0 Å². The van der Waals surface area contributed by atoms with Crippen LogP contribution in [0.15, 0.2) is 18.2 Å². The first-order valence-corrected chi connectivity index (χ1v) is 12.3. The fourth-order valence-electron chi connectivity index (χ4n) is 7.99. The largest absolute Gasteiger partial charge is 0.508 e. The first-order chi connectivity index (χ1) is 14.9. The molecule has 0 bridgehead atoms. The van der Waals surface area contributed by atoms with E-state index in [2.05, 4.69) is 18.3 Å². The highest BCUT2D eigenvalue weighted by molar-refractivity contribution is 5.74. The van der Waals surface area contributed by atoms with Gasteiger partial charge in [-0.1, -0.05) is 25.8 Å². The lowest BCUT2D eigenvalue weighted by Gasteiger charge is -2.56. The zero-order valence-corrected chi connectivity index (χ0v) is 18.9. The number of hydrogen-bond donors (Lipinski definition) is 3. The summed E-state index contributed by atoms with van der Waals surface area (Å²) in [6.07, 6.45) is 8.39. The summed E-state index contributed by atoms with van der Waals surface area (Å²) in [7, 11) is 2.00. The van der Waals surface area contributed by atoms with Gasteiger partial charge in [-0.15, -0.1) is 0 Å². The molecule has 5 nitrogen and oxygen atoms in total. The van der Waals surface area contributed by atoms with Crippen molar-refractivity contribution in [3.05, 3.63) is 29.3 Å². The molecule has 5 heteroatoms. The third kappa shape index (κ3) is 3.22. The van der Waals surface area contributed by atoms with Crippen molar-refractivity contribution in [2.75, 3.05) is 13.6 Å². The first kappa shape index (κ1) is 21.3. The summed E-state index contributed by atoms with van der Waals surface area (Å²) >= 11 is 0. The summed E-state index contributed by atoms with van der Waals surface area (Å²) in [5.74, 6) is 1.97. The minimum atomic E-state index is -1.01. The van der Waals surface area contributed by atoms with Crippen molar-refractivity contribution in [2.24, 2.45) is 23.2 Å². The van der Waals surface area contributed by atoms with Crippen LogP contribution in [0.4, 0.5) is 0 Å². The number of nitrogens with one attached hydrogen (secondary N) is 1. The molecule has 1 aromatic rings. The molecule has 1 heterocycles. The van der Waals surface area contributed by atoms with Gasteiger partial charge in [-0.25, -0.2) is 0 Å². The summed E-state index contributed by atoms with van der Waals surface area (Å²) in [6, 6.07) is 5.96. The number of rotatable bonds is 6. The minimum Gasteiger partial charge on any atom is -0.508 e. The smallest absolute Gasteiger partial charge is 0.309 e. The number of aryl methyl sites for hydroxylation is 1. The van der Waals surface area contributed by atoms with E-state index < -0.39 is 5.60 Å². The summed E-state index contributed by atoms with van der Waals surface area (Å²) in [4.78, 5) is 12.1. The Morgan fingerprint density at radius 2 is 2.10 bits per heavy atom. The topological polar surface area (TPSA) is 78.8 Å². The van der Waals surface area contributed by atoms with Crippen LogP contribution >= 0.6 is 0 Å². The average Bonchev–Trinajstić information content (AvgIpc) is 3.14. The number of esters is 1. The molecule has 3 fully saturated rings. The van der Waals surface area contributed by atoms with Crippen LogP contribution in [0.3, 0.4) is 0 Å². The third-order valence-corrected chi connectivity index (χ3v) is 9.40. The molecular weight excluding hydrogens is 390 g/mol. The Labute approximate surface area is 185 Å². The molecule has 1 aliphatic heterocycles. The van der Waals surface area contributed by atoms with Gasteiger partial charge in [-0.3, -0.25) is 4.79 Å². The van der Waals surface area contributed by atoms with E-state index in [1.165, 1.54) is 30.4 Å². The van der Waals surface area contributed by atoms with Crippen LogP contribution in [0.2, 0.25) is 0 Å². The van der Waals surface area contributed by atoms with Gasteiger partial charge < -0.3 is 20.3 Å². The van der Waals surface area contributed by atoms with E-state index in [-0.39, 0.29) is 23.9 Å². The molecule has 1 saturated heterocycles. The number of unbranched alkanes of at least 4 members (excludes halogenated alkanes) is 2. The van der Waals surface area contributed by atoms with Crippen molar-refractivity contribution >= 4 is 5.97 Å². The van der Waals surface area contributed by atoms with Gasteiger partial charge in [0.2, 0.25) is 0 Å². The highest BCUT2D eigenvalue weighted by Crippen LogP contribution is 2.68. The normalized spacial score (nSPS) is 40.6. The van der Waals surface area contributed by atoms with Crippen LogP contribution in [0.25, 0.3) is 0 Å². The Kier molecular flexibility index (Phi) is 5.33. The lowest BCUT2D eigenvalue weighted by atomic mass is 9.49. The summed E-state index contributed by atoms with van der Waals surface area (Å²) < 4.78 is 5.64. The number of benzene rings is 1. The van der Waals surface area contributed by atoms with Crippen LogP contribution in [-0.2, 0) is 16.0 Å². The van der Waals surface area contributed by atoms with Crippen molar-refractivity contribution in [3.63, 3.8) is 0 Å². The van der Waals surface area contributed by atoms with Crippen molar-refractivity contribution in [3.8, 4) is 5.75 Å². The van der Waals surface area contributed by atoms with E-state index in [0.29, 0.717) is 29.4 Å². The molecule has 4 aliphatic rings. The highest BCUT2D eigenvalue weighted by Gasteiger charge is 2.71. The van der Waals surface area contributed by atoms with E-state index in [1.807, 2.05) is 19.2 Å². The molecule has 1 unspecified atom stereocenters. The molecule has 2 saturated carbocycles. The predicted molar refractivity (Wildman–Crippen MR) is 119 cm³/mol. The Hall–Kier alpha value is -1.59. The van der Waals surface area contributed by atoms with Gasteiger partial charge in [0.1, 0.15) is 17.5 Å². The fraction of sp³-hybridized carbons (Fsp3) is 0.731. The number of carbonyl (C=O) groups is 1. The number of carbonyl (C=O) groups excluding carboxylic acids is 1. The maximum atomic E-state index is 12.1. The second-order valence-electron chi connectivity index (χ2n) is 10.9. The molecule has 7 atom stereocenters.